The molecule has 0 spiro atoms. The smallest absolute Gasteiger partial charge is 0.325 e. The van der Waals surface area contributed by atoms with Gasteiger partial charge in [0.15, 0.2) is 5.16 Å². The van der Waals surface area contributed by atoms with Crippen LogP contribution in [0, 0.1) is 0 Å². The Morgan fingerprint density at radius 3 is 2.95 bits per heavy atom. The molecule has 0 atom stereocenters. The highest BCUT2D eigenvalue weighted by Crippen LogP contribution is 2.18. The summed E-state index contributed by atoms with van der Waals surface area (Å²) in [5, 5.41) is 3.14. The lowest BCUT2D eigenvalue weighted by molar-refractivity contribution is -0.140. The Morgan fingerprint density at radius 1 is 1.42 bits per heavy atom. The van der Waals surface area contributed by atoms with Crippen LogP contribution in [-0.2, 0) is 14.3 Å². The number of hydrogen-bond donors (Lipinski definition) is 2. The second-order valence-electron chi connectivity index (χ2n) is 3.70. The SMILES string of the molecule is COC(=O)CNC(=O)CSc1nc2ccccc2[nH]1. The number of H-pyrrole nitrogens is 1. The zero-order valence-corrected chi connectivity index (χ0v) is 11.1. The van der Waals surface area contributed by atoms with E-state index in [1.165, 1.54) is 18.9 Å². The Labute approximate surface area is 113 Å². The van der Waals surface area contributed by atoms with E-state index in [0.717, 1.165) is 11.0 Å². The molecule has 2 N–H and O–H groups in total. The van der Waals surface area contributed by atoms with Crippen molar-refractivity contribution in [2.24, 2.45) is 0 Å². The van der Waals surface area contributed by atoms with Gasteiger partial charge in [-0.1, -0.05) is 23.9 Å². The molecule has 0 radical (unpaired) electrons. The lowest BCUT2D eigenvalue weighted by Gasteiger charge is -2.02. The van der Waals surface area contributed by atoms with Crippen LogP contribution in [-0.4, -0.2) is 41.3 Å². The second-order valence-corrected chi connectivity index (χ2v) is 4.66. The van der Waals surface area contributed by atoms with Crippen LogP contribution in [0.5, 0.6) is 0 Å². The van der Waals surface area contributed by atoms with Crippen LogP contribution in [0.4, 0.5) is 0 Å². The van der Waals surface area contributed by atoms with E-state index in [4.69, 9.17) is 0 Å². The van der Waals surface area contributed by atoms with Gasteiger partial charge in [0.25, 0.3) is 0 Å². The Kier molecular flexibility index (Phi) is 4.40. The highest BCUT2D eigenvalue weighted by molar-refractivity contribution is 7.99. The van der Waals surface area contributed by atoms with Crippen LogP contribution in [0.2, 0.25) is 0 Å². The molecular weight excluding hydrogens is 266 g/mol. The number of nitrogens with zero attached hydrogens (tertiary/aromatic N) is 1. The van der Waals surface area contributed by atoms with Gasteiger partial charge in [0.05, 0.1) is 23.9 Å². The molecule has 19 heavy (non-hydrogen) atoms. The molecule has 0 aliphatic carbocycles. The van der Waals surface area contributed by atoms with Crippen molar-refractivity contribution in [3.8, 4) is 0 Å². The molecule has 6 nitrogen and oxygen atoms in total. The molecule has 0 aliphatic rings. The summed E-state index contributed by atoms with van der Waals surface area (Å²) in [7, 11) is 1.28. The van der Waals surface area contributed by atoms with Crippen molar-refractivity contribution in [3.63, 3.8) is 0 Å². The van der Waals surface area contributed by atoms with Gasteiger partial charge < -0.3 is 15.0 Å². The number of para-hydroxylation sites is 2. The van der Waals surface area contributed by atoms with E-state index in [1.807, 2.05) is 24.3 Å². The molecule has 1 aromatic heterocycles. The number of benzene rings is 1. The first kappa shape index (κ1) is 13.4. The van der Waals surface area contributed by atoms with E-state index in [0.29, 0.717) is 5.16 Å². The van der Waals surface area contributed by atoms with Crippen LogP contribution < -0.4 is 5.32 Å². The van der Waals surface area contributed by atoms with Gasteiger partial charge in [-0.05, 0) is 12.1 Å². The fourth-order valence-electron chi connectivity index (χ4n) is 1.43. The summed E-state index contributed by atoms with van der Waals surface area (Å²) in [4.78, 5) is 29.8. The average molecular weight is 279 g/mol. The number of carbonyl (C=O) groups excluding carboxylic acids is 2. The number of carbonyl (C=O) groups is 2. The molecule has 1 aromatic carbocycles. The molecule has 0 saturated heterocycles. The summed E-state index contributed by atoms with van der Waals surface area (Å²) in [6.07, 6.45) is 0. The van der Waals surface area contributed by atoms with Gasteiger partial charge in [-0.2, -0.15) is 0 Å². The maximum absolute atomic E-state index is 11.5. The predicted molar refractivity (Wildman–Crippen MR) is 71.8 cm³/mol. The second kappa shape index (κ2) is 6.24. The Hall–Kier alpha value is -2.02. The van der Waals surface area contributed by atoms with Crippen LogP contribution in [0.1, 0.15) is 0 Å². The standard InChI is InChI=1S/C12H13N3O3S/c1-18-11(17)6-13-10(16)7-19-12-14-8-4-2-3-5-9(8)15-12/h2-5H,6-7H2,1H3,(H,13,16)(H,14,15). The first-order valence-corrected chi connectivity index (χ1v) is 6.58. The number of aromatic amines is 1. The maximum Gasteiger partial charge on any atom is 0.325 e. The van der Waals surface area contributed by atoms with Crippen LogP contribution in [0.15, 0.2) is 29.4 Å². The minimum absolute atomic E-state index is 0.115. The molecule has 0 bridgehead atoms. The minimum Gasteiger partial charge on any atom is -0.468 e. The number of aromatic nitrogens is 2. The monoisotopic (exact) mass is 279 g/mol. The van der Waals surface area contributed by atoms with Gasteiger partial charge in [-0.15, -0.1) is 0 Å². The van der Waals surface area contributed by atoms with Crippen LogP contribution >= 0.6 is 11.8 Å². The third-order valence-electron chi connectivity index (χ3n) is 2.37. The molecule has 0 saturated carbocycles. The summed E-state index contributed by atoms with van der Waals surface area (Å²) in [5.74, 6) is -0.519. The molecule has 0 fully saturated rings. The van der Waals surface area contributed by atoms with Crippen molar-refractivity contribution in [1.29, 1.82) is 0 Å². The van der Waals surface area contributed by atoms with Crippen molar-refractivity contribution < 1.29 is 14.3 Å². The van der Waals surface area contributed by atoms with Gasteiger partial charge in [0.1, 0.15) is 6.54 Å². The number of methoxy groups -OCH3 is 1. The van der Waals surface area contributed by atoms with Crippen molar-refractivity contribution in [3.05, 3.63) is 24.3 Å². The van der Waals surface area contributed by atoms with Gasteiger partial charge in [0, 0.05) is 0 Å². The van der Waals surface area contributed by atoms with Crippen molar-refractivity contribution >= 4 is 34.7 Å². The van der Waals surface area contributed by atoms with Crippen molar-refractivity contribution in [2.45, 2.75) is 5.16 Å². The van der Waals surface area contributed by atoms with E-state index in [9.17, 15) is 9.59 Å². The largest absolute Gasteiger partial charge is 0.468 e. The number of fused-ring (bicyclic) bond motifs is 1. The fourth-order valence-corrected chi connectivity index (χ4v) is 2.14. The number of ether oxygens (including phenoxy) is 1. The molecule has 7 heteroatoms. The maximum atomic E-state index is 11.5. The van der Waals surface area contributed by atoms with Crippen LogP contribution in [0.25, 0.3) is 11.0 Å². The van der Waals surface area contributed by atoms with E-state index in [2.05, 4.69) is 20.0 Å². The lowest BCUT2D eigenvalue weighted by Crippen LogP contribution is -2.31. The molecule has 1 amide bonds. The predicted octanol–water partition coefficient (Wildman–Crippen LogP) is 0.944. The van der Waals surface area contributed by atoms with Gasteiger partial charge in [-0.25, -0.2) is 4.98 Å². The summed E-state index contributed by atoms with van der Waals surface area (Å²) >= 11 is 1.28. The summed E-state index contributed by atoms with van der Waals surface area (Å²) in [6.45, 7) is -0.115. The molecule has 100 valence electrons. The Bertz CT molecular complexity index is 564. The topological polar surface area (TPSA) is 84.1 Å². The zero-order chi connectivity index (χ0) is 13.7. The molecule has 0 aliphatic heterocycles. The lowest BCUT2D eigenvalue weighted by atomic mass is 10.3. The zero-order valence-electron chi connectivity index (χ0n) is 10.3. The molecule has 0 unspecified atom stereocenters. The van der Waals surface area contributed by atoms with Gasteiger partial charge in [-0.3, -0.25) is 9.59 Å². The first-order valence-electron chi connectivity index (χ1n) is 5.60. The third kappa shape index (κ3) is 3.72. The molecule has 1 heterocycles. The van der Waals surface area contributed by atoms with Gasteiger partial charge >= 0.3 is 5.97 Å². The quantitative estimate of drug-likeness (QED) is 0.628. The normalized spacial score (nSPS) is 10.4. The average Bonchev–Trinajstić information content (AvgIpc) is 2.85. The number of imidazole rings is 1. The third-order valence-corrected chi connectivity index (χ3v) is 3.24. The van der Waals surface area contributed by atoms with Crippen molar-refractivity contribution in [1.82, 2.24) is 15.3 Å². The van der Waals surface area contributed by atoms with E-state index in [1.54, 1.807) is 0 Å². The van der Waals surface area contributed by atoms with E-state index in [-0.39, 0.29) is 18.2 Å². The highest BCUT2D eigenvalue weighted by atomic mass is 32.2. The van der Waals surface area contributed by atoms with Crippen molar-refractivity contribution in [2.75, 3.05) is 19.4 Å². The Morgan fingerprint density at radius 2 is 2.21 bits per heavy atom. The summed E-state index contributed by atoms with van der Waals surface area (Å²) in [5.41, 5.74) is 1.79. The number of thioether (sulfide) groups is 1. The molecule has 2 rings (SSSR count). The van der Waals surface area contributed by atoms with Gasteiger partial charge in [0.2, 0.25) is 5.91 Å². The summed E-state index contributed by atoms with van der Waals surface area (Å²) in [6, 6.07) is 7.63. The van der Waals surface area contributed by atoms with Crippen LogP contribution in [0.3, 0.4) is 0 Å². The number of rotatable bonds is 5. The number of nitrogens with one attached hydrogen (secondary N) is 2. The van der Waals surface area contributed by atoms with E-state index < -0.39 is 5.97 Å². The summed E-state index contributed by atoms with van der Waals surface area (Å²) < 4.78 is 4.42. The molecular formula is C12H13N3O3S. The fraction of sp³-hybridized carbons (Fsp3) is 0.250. The number of hydrogen-bond acceptors (Lipinski definition) is 5. The number of amides is 1. The molecule has 2 aromatic rings. The number of esters is 1. The first-order chi connectivity index (χ1) is 9.19. The Balaban J connectivity index is 1.84. The van der Waals surface area contributed by atoms with E-state index >= 15 is 0 Å². The minimum atomic E-state index is -0.470. The highest BCUT2D eigenvalue weighted by Gasteiger charge is 2.08.